The number of aromatic hydroxyl groups is 1. The first kappa shape index (κ1) is 16.9. The zero-order valence-corrected chi connectivity index (χ0v) is 13.2. The molecule has 10 heteroatoms. The molecule has 0 fully saturated rings. The monoisotopic (exact) mass is 333 g/mol. The number of hydrogen-bond donors (Lipinski definition) is 3. The summed E-state index contributed by atoms with van der Waals surface area (Å²) in [7, 11) is 1.29. The van der Waals surface area contributed by atoms with Gasteiger partial charge in [0.05, 0.1) is 29.9 Å². The van der Waals surface area contributed by atoms with Crippen molar-refractivity contribution >= 4 is 17.9 Å². The molecule has 24 heavy (non-hydrogen) atoms. The van der Waals surface area contributed by atoms with E-state index in [1.54, 1.807) is 13.8 Å². The summed E-state index contributed by atoms with van der Waals surface area (Å²) in [5.74, 6) is -0.186. The molecule has 0 bridgehead atoms. The van der Waals surface area contributed by atoms with Gasteiger partial charge in [-0.05, 0) is 19.9 Å². The zero-order valence-electron chi connectivity index (χ0n) is 13.2. The number of methoxy groups -OCH3 is 1. The van der Waals surface area contributed by atoms with E-state index >= 15 is 0 Å². The maximum absolute atomic E-state index is 11.6. The number of nitro benzene ring substituents is 1. The predicted molar refractivity (Wildman–Crippen MR) is 86.9 cm³/mol. The fourth-order valence-corrected chi connectivity index (χ4v) is 1.86. The van der Waals surface area contributed by atoms with Crippen LogP contribution in [0.1, 0.15) is 16.8 Å². The number of phenols is 1. The Morgan fingerprint density at radius 3 is 2.75 bits per heavy atom. The van der Waals surface area contributed by atoms with Crippen LogP contribution < -0.4 is 15.7 Å². The van der Waals surface area contributed by atoms with Crippen LogP contribution in [0.4, 0.5) is 11.6 Å². The van der Waals surface area contributed by atoms with Crippen LogP contribution in [-0.4, -0.2) is 33.3 Å². The second kappa shape index (κ2) is 6.77. The summed E-state index contributed by atoms with van der Waals surface area (Å²) in [6.45, 7) is 3.31. The number of aromatic nitrogens is 2. The maximum Gasteiger partial charge on any atom is 0.282 e. The second-order valence-corrected chi connectivity index (χ2v) is 4.83. The highest BCUT2D eigenvalue weighted by atomic mass is 16.6. The lowest BCUT2D eigenvalue weighted by Crippen LogP contribution is -2.15. The quantitative estimate of drug-likeness (QED) is 0.427. The van der Waals surface area contributed by atoms with Gasteiger partial charge in [-0.2, -0.15) is 5.10 Å². The number of anilines is 1. The molecule has 3 N–H and O–H groups in total. The third kappa shape index (κ3) is 3.48. The molecular weight excluding hydrogens is 318 g/mol. The fraction of sp³-hybridized carbons (Fsp3) is 0.214. The van der Waals surface area contributed by atoms with Crippen LogP contribution in [0.2, 0.25) is 0 Å². The number of aromatic amines is 1. The summed E-state index contributed by atoms with van der Waals surface area (Å²) in [6, 6.07) is 2.24. The van der Waals surface area contributed by atoms with Crippen molar-refractivity contribution in [1.82, 2.24) is 9.97 Å². The van der Waals surface area contributed by atoms with Gasteiger partial charge in [-0.25, -0.2) is 10.4 Å². The molecule has 2 aromatic rings. The number of aryl methyl sites for hydroxylation is 1. The van der Waals surface area contributed by atoms with Crippen molar-refractivity contribution in [2.75, 3.05) is 12.5 Å². The Kier molecular flexibility index (Phi) is 4.78. The van der Waals surface area contributed by atoms with Gasteiger partial charge in [-0.15, -0.1) is 0 Å². The summed E-state index contributed by atoms with van der Waals surface area (Å²) in [4.78, 5) is 28.6. The average molecular weight is 333 g/mol. The molecule has 1 heterocycles. The summed E-state index contributed by atoms with van der Waals surface area (Å²) >= 11 is 0. The summed E-state index contributed by atoms with van der Waals surface area (Å²) < 4.78 is 4.84. The molecule has 10 nitrogen and oxygen atoms in total. The van der Waals surface area contributed by atoms with E-state index in [0.717, 1.165) is 18.3 Å². The van der Waals surface area contributed by atoms with Crippen LogP contribution in [0.15, 0.2) is 22.0 Å². The minimum atomic E-state index is -0.626. The van der Waals surface area contributed by atoms with Crippen LogP contribution >= 0.6 is 0 Å². The molecule has 0 saturated carbocycles. The van der Waals surface area contributed by atoms with Gasteiger partial charge in [-0.1, -0.05) is 0 Å². The first-order chi connectivity index (χ1) is 11.3. The summed E-state index contributed by atoms with van der Waals surface area (Å²) in [5, 5.41) is 24.6. The van der Waals surface area contributed by atoms with E-state index in [4.69, 9.17) is 4.74 Å². The zero-order chi connectivity index (χ0) is 17.9. The van der Waals surface area contributed by atoms with Crippen molar-refractivity contribution in [2.45, 2.75) is 13.8 Å². The number of hydrogen-bond acceptors (Lipinski definition) is 8. The Morgan fingerprint density at radius 1 is 1.46 bits per heavy atom. The van der Waals surface area contributed by atoms with E-state index in [9.17, 15) is 20.0 Å². The molecule has 1 aromatic carbocycles. The Hall–Kier alpha value is -3.43. The lowest BCUT2D eigenvalue weighted by atomic mass is 10.1. The van der Waals surface area contributed by atoms with Gasteiger partial charge in [0.1, 0.15) is 0 Å². The minimum Gasteiger partial charge on any atom is -0.504 e. The Labute approximate surface area is 136 Å². The molecule has 126 valence electrons. The van der Waals surface area contributed by atoms with Crippen LogP contribution in [0.3, 0.4) is 0 Å². The van der Waals surface area contributed by atoms with Crippen molar-refractivity contribution < 1.29 is 14.8 Å². The molecule has 2 rings (SSSR count). The molecule has 0 aliphatic carbocycles. The third-order valence-electron chi connectivity index (χ3n) is 3.29. The first-order valence-electron chi connectivity index (χ1n) is 6.75. The predicted octanol–water partition coefficient (Wildman–Crippen LogP) is 1.46. The van der Waals surface area contributed by atoms with E-state index in [1.165, 1.54) is 7.11 Å². The number of H-pyrrole nitrogens is 1. The van der Waals surface area contributed by atoms with Gasteiger partial charge in [0.15, 0.2) is 11.5 Å². The highest BCUT2D eigenvalue weighted by molar-refractivity contribution is 5.87. The smallest absolute Gasteiger partial charge is 0.282 e. The Bertz CT molecular complexity index is 875. The summed E-state index contributed by atoms with van der Waals surface area (Å²) in [6.07, 6.45) is 1.13. The molecule has 0 amide bonds. The van der Waals surface area contributed by atoms with Crippen molar-refractivity contribution in [3.63, 3.8) is 0 Å². The molecule has 0 radical (unpaired) electrons. The fourth-order valence-electron chi connectivity index (χ4n) is 1.86. The Balaban J connectivity index is 2.31. The summed E-state index contributed by atoms with van der Waals surface area (Å²) in [5.41, 5.74) is 2.95. The van der Waals surface area contributed by atoms with E-state index < -0.39 is 4.92 Å². The van der Waals surface area contributed by atoms with E-state index in [1.807, 2.05) is 0 Å². The first-order valence-corrected chi connectivity index (χ1v) is 6.75. The minimum absolute atomic E-state index is 0.0213. The number of phenolic OH excluding ortho intramolecular Hbond substituents is 1. The molecule has 0 spiro atoms. The molecule has 0 aliphatic rings. The van der Waals surface area contributed by atoms with Crippen LogP contribution in [0.5, 0.6) is 11.5 Å². The molecule has 0 saturated heterocycles. The van der Waals surface area contributed by atoms with Gasteiger partial charge >= 0.3 is 0 Å². The molecule has 0 aliphatic heterocycles. The number of nitro groups is 1. The highest BCUT2D eigenvalue weighted by Gasteiger charge is 2.17. The topological polar surface area (TPSA) is 143 Å². The van der Waals surface area contributed by atoms with Crippen molar-refractivity contribution in [3.8, 4) is 11.5 Å². The van der Waals surface area contributed by atoms with Crippen molar-refractivity contribution in [2.24, 2.45) is 5.10 Å². The number of ether oxygens (including phenoxy) is 1. The molecule has 1 aromatic heterocycles. The number of nitrogens with one attached hydrogen (secondary N) is 2. The second-order valence-electron chi connectivity index (χ2n) is 4.83. The standard InChI is InChI=1S/C14H15N5O5/c1-7-8(2)16-14(17-13(7)21)18-15-6-9-4-11(20)12(24-3)5-10(9)19(22)23/h4-6,20H,1-3H3,(H2,16,17,18,21)/b15-6-. The number of rotatable bonds is 5. The van der Waals surface area contributed by atoms with Gasteiger partial charge in [0, 0.05) is 11.3 Å². The lowest BCUT2D eigenvalue weighted by Gasteiger charge is -2.05. The van der Waals surface area contributed by atoms with Gasteiger partial charge < -0.3 is 9.84 Å². The largest absolute Gasteiger partial charge is 0.504 e. The SMILES string of the molecule is COc1cc([N+](=O)[O-])c(/C=N\Nc2nc(C)c(C)c(=O)[nH]2)cc1O. The number of benzene rings is 1. The van der Waals surface area contributed by atoms with Gasteiger partial charge in [0.25, 0.3) is 11.2 Å². The maximum atomic E-state index is 11.6. The van der Waals surface area contributed by atoms with Crippen molar-refractivity contribution in [3.05, 3.63) is 49.4 Å². The number of nitrogens with zero attached hydrogens (tertiary/aromatic N) is 3. The lowest BCUT2D eigenvalue weighted by molar-refractivity contribution is -0.385. The van der Waals surface area contributed by atoms with Gasteiger partial charge in [0.2, 0.25) is 5.95 Å². The van der Waals surface area contributed by atoms with Crippen LogP contribution in [0, 0.1) is 24.0 Å². The average Bonchev–Trinajstić information content (AvgIpc) is 2.52. The normalized spacial score (nSPS) is 10.8. The molecular formula is C14H15N5O5. The van der Waals surface area contributed by atoms with Crippen LogP contribution in [-0.2, 0) is 0 Å². The van der Waals surface area contributed by atoms with E-state index in [2.05, 4.69) is 20.5 Å². The highest BCUT2D eigenvalue weighted by Crippen LogP contribution is 2.32. The van der Waals surface area contributed by atoms with E-state index in [0.29, 0.717) is 11.3 Å². The Morgan fingerprint density at radius 2 is 2.17 bits per heavy atom. The number of hydrazone groups is 1. The molecule has 0 atom stereocenters. The van der Waals surface area contributed by atoms with Crippen LogP contribution in [0.25, 0.3) is 0 Å². The van der Waals surface area contributed by atoms with E-state index in [-0.39, 0.29) is 34.3 Å². The third-order valence-corrected chi connectivity index (χ3v) is 3.29. The van der Waals surface area contributed by atoms with Gasteiger partial charge in [-0.3, -0.25) is 19.9 Å². The molecule has 0 unspecified atom stereocenters. The van der Waals surface area contributed by atoms with Crippen molar-refractivity contribution in [1.29, 1.82) is 0 Å².